The van der Waals surface area contributed by atoms with Crippen molar-refractivity contribution in [1.82, 2.24) is 14.8 Å². The minimum absolute atomic E-state index is 0.0453. The number of carbonyl (C=O) groups is 1. The highest BCUT2D eigenvalue weighted by Crippen LogP contribution is 2.48. The Balaban J connectivity index is 1.42. The van der Waals surface area contributed by atoms with Crippen LogP contribution in [0, 0.1) is 5.92 Å². The molecule has 118 valence electrons. The summed E-state index contributed by atoms with van der Waals surface area (Å²) in [5.74, 6) is 0.0698. The molecule has 0 N–H and O–H groups in total. The summed E-state index contributed by atoms with van der Waals surface area (Å²) in [6.45, 7) is 1.89. The molecule has 6 heteroatoms. The Morgan fingerprint density at radius 1 is 1.43 bits per heavy atom. The van der Waals surface area contributed by atoms with E-state index in [0.717, 1.165) is 27.2 Å². The molecule has 0 saturated heterocycles. The first-order valence-electron chi connectivity index (χ1n) is 7.66. The molecule has 23 heavy (non-hydrogen) atoms. The smallest absolute Gasteiger partial charge is 0.310 e. The lowest BCUT2D eigenvalue weighted by Gasteiger charge is -2.10. The molecule has 5 nitrogen and oxygen atoms in total. The Kier molecular flexibility index (Phi) is 3.41. The molecule has 1 aliphatic rings. The van der Waals surface area contributed by atoms with Gasteiger partial charge in [-0.3, -0.25) is 9.48 Å². The summed E-state index contributed by atoms with van der Waals surface area (Å²) in [6, 6.07) is 7.96. The number of rotatable bonds is 4. The van der Waals surface area contributed by atoms with Crippen molar-refractivity contribution < 1.29 is 9.53 Å². The molecule has 1 aliphatic carbocycles. The van der Waals surface area contributed by atoms with Gasteiger partial charge in [-0.25, -0.2) is 4.98 Å². The Labute approximate surface area is 137 Å². The van der Waals surface area contributed by atoms with Crippen LogP contribution in [0.15, 0.2) is 36.7 Å². The zero-order valence-corrected chi connectivity index (χ0v) is 13.8. The highest BCUT2D eigenvalue weighted by atomic mass is 32.1. The van der Waals surface area contributed by atoms with Crippen molar-refractivity contribution in [2.45, 2.75) is 25.4 Å². The fourth-order valence-corrected chi connectivity index (χ4v) is 3.78. The molecule has 2 heterocycles. The highest BCUT2D eigenvalue weighted by Gasteiger charge is 2.46. The third kappa shape index (κ3) is 2.74. The molecule has 0 unspecified atom stereocenters. The molecule has 0 spiro atoms. The standard InChI is InChI=1S/C17H17N3O2S/c1-10(16-19-14-5-3-4-6-15(14)23-16)22-17(21)13-7-12(13)11-8-18-20(2)9-11/h3-6,8-10,12-13H,7H2,1-2H3/t10-,12-,13-/m0/s1. The fraction of sp³-hybridized carbons (Fsp3) is 0.353. The van der Waals surface area contributed by atoms with E-state index in [9.17, 15) is 4.79 Å². The van der Waals surface area contributed by atoms with Gasteiger partial charge in [-0.2, -0.15) is 5.10 Å². The van der Waals surface area contributed by atoms with Crippen LogP contribution in [-0.4, -0.2) is 20.7 Å². The number of nitrogens with zero attached hydrogens (tertiary/aromatic N) is 3. The molecule has 1 fully saturated rings. The molecule has 1 saturated carbocycles. The van der Waals surface area contributed by atoms with Crippen LogP contribution in [-0.2, 0) is 16.6 Å². The SMILES string of the molecule is C[C@H](OC(=O)[C@H]1C[C@H]1c1cnn(C)c1)c1nc2ccccc2s1. The topological polar surface area (TPSA) is 57.0 Å². The molecule has 1 aromatic carbocycles. The zero-order chi connectivity index (χ0) is 16.0. The molecule has 3 aromatic rings. The van der Waals surface area contributed by atoms with Crippen LogP contribution >= 0.6 is 11.3 Å². The Morgan fingerprint density at radius 3 is 3.00 bits per heavy atom. The molecule has 2 aromatic heterocycles. The fourth-order valence-electron chi connectivity index (χ4n) is 2.83. The van der Waals surface area contributed by atoms with Gasteiger partial charge in [0.05, 0.1) is 22.3 Å². The van der Waals surface area contributed by atoms with Crippen LogP contribution in [0.1, 0.15) is 35.9 Å². The summed E-state index contributed by atoms with van der Waals surface area (Å²) in [6.07, 6.45) is 4.33. The van der Waals surface area contributed by atoms with Gasteiger partial charge in [0, 0.05) is 19.2 Å². The van der Waals surface area contributed by atoms with Crippen LogP contribution in [0.3, 0.4) is 0 Å². The van der Waals surface area contributed by atoms with E-state index in [4.69, 9.17) is 4.74 Å². The second-order valence-corrected chi connectivity index (χ2v) is 7.06. The number of benzene rings is 1. The maximum Gasteiger partial charge on any atom is 0.310 e. The van der Waals surface area contributed by atoms with Crippen LogP contribution in [0.5, 0.6) is 0 Å². The van der Waals surface area contributed by atoms with Gasteiger partial charge in [-0.05, 0) is 31.0 Å². The summed E-state index contributed by atoms with van der Waals surface area (Å²) >= 11 is 1.58. The molecule has 0 bridgehead atoms. The van der Waals surface area contributed by atoms with E-state index in [1.54, 1.807) is 16.0 Å². The average molecular weight is 327 g/mol. The van der Waals surface area contributed by atoms with E-state index < -0.39 is 0 Å². The van der Waals surface area contributed by atoms with E-state index in [-0.39, 0.29) is 23.9 Å². The van der Waals surface area contributed by atoms with E-state index in [1.165, 1.54) is 0 Å². The van der Waals surface area contributed by atoms with E-state index in [0.29, 0.717) is 0 Å². The second kappa shape index (κ2) is 5.45. The number of thiazole rings is 1. The van der Waals surface area contributed by atoms with E-state index in [1.807, 2.05) is 50.6 Å². The van der Waals surface area contributed by atoms with Gasteiger partial charge in [0.2, 0.25) is 0 Å². The highest BCUT2D eigenvalue weighted by molar-refractivity contribution is 7.18. The summed E-state index contributed by atoms with van der Waals surface area (Å²) in [5, 5.41) is 5.01. The van der Waals surface area contributed by atoms with Crippen molar-refractivity contribution in [3.8, 4) is 0 Å². The summed E-state index contributed by atoms with van der Waals surface area (Å²) in [5.41, 5.74) is 2.07. The maximum atomic E-state index is 12.3. The van der Waals surface area contributed by atoms with Gasteiger partial charge in [0.25, 0.3) is 0 Å². The van der Waals surface area contributed by atoms with Crippen LogP contribution < -0.4 is 0 Å². The van der Waals surface area contributed by atoms with E-state index in [2.05, 4.69) is 10.1 Å². The lowest BCUT2D eigenvalue weighted by Crippen LogP contribution is -2.11. The molecule has 0 amide bonds. The predicted molar refractivity (Wildman–Crippen MR) is 88.2 cm³/mol. The first kappa shape index (κ1) is 14.4. The molecule has 0 radical (unpaired) electrons. The number of aryl methyl sites for hydroxylation is 1. The number of ether oxygens (including phenoxy) is 1. The third-order valence-corrected chi connectivity index (χ3v) is 5.39. The van der Waals surface area contributed by atoms with Crippen molar-refractivity contribution >= 4 is 27.5 Å². The van der Waals surface area contributed by atoms with Gasteiger partial charge in [-0.15, -0.1) is 11.3 Å². The monoisotopic (exact) mass is 327 g/mol. The van der Waals surface area contributed by atoms with Crippen LogP contribution in [0.2, 0.25) is 0 Å². The van der Waals surface area contributed by atoms with Gasteiger partial charge in [0.1, 0.15) is 5.01 Å². The number of hydrogen-bond donors (Lipinski definition) is 0. The van der Waals surface area contributed by atoms with Gasteiger partial charge < -0.3 is 4.74 Å². The summed E-state index contributed by atoms with van der Waals surface area (Å²) < 4.78 is 8.51. The van der Waals surface area contributed by atoms with Crippen molar-refractivity contribution in [1.29, 1.82) is 0 Å². The Morgan fingerprint density at radius 2 is 2.26 bits per heavy atom. The third-order valence-electron chi connectivity index (χ3n) is 4.20. The average Bonchev–Trinajstić information content (AvgIpc) is 3.02. The zero-order valence-electron chi connectivity index (χ0n) is 13.0. The number of carbonyl (C=O) groups excluding carboxylic acids is 1. The van der Waals surface area contributed by atoms with Gasteiger partial charge in [-0.1, -0.05) is 12.1 Å². The van der Waals surface area contributed by atoms with Gasteiger partial charge >= 0.3 is 5.97 Å². The molecular formula is C17H17N3O2S. The normalized spacial score (nSPS) is 21.3. The van der Waals surface area contributed by atoms with Crippen molar-refractivity contribution in [3.63, 3.8) is 0 Å². The minimum atomic E-state index is -0.310. The first-order chi connectivity index (χ1) is 11.1. The number of hydrogen-bond acceptors (Lipinski definition) is 5. The van der Waals surface area contributed by atoms with E-state index >= 15 is 0 Å². The predicted octanol–water partition coefficient (Wildman–Crippen LogP) is 3.44. The van der Waals surface area contributed by atoms with Crippen LogP contribution in [0.4, 0.5) is 0 Å². The number of fused-ring (bicyclic) bond motifs is 1. The number of aromatic nitrogens is 3. The number of esters is 1. The van der Waals surface area contributed by atoms with Crippen LogP contribution in [0.25, 0.3) is 10.2 Å². The molecule has 0 aliphatic heterocycles. The summed E-state index contributed by atoms with van der Waals surface area (Å²) in [4.78, 5) is 16.9. The molecule has 4 rings (SSSR count). The lowest BCUT2D eigenvalue weighted by atomic mass is 10.2. The first-order valence-corrected chi connectivity index (χ1v) is 8.48. The number of para-hydroxylation sites is 1. The summed E-state index contributed by atoms with van der Waals surface area (Å²) in [7, 11) is 1.88. The largest absolute Gasteiger partial charge is 0.455 e. The Bertz CT molecular complexity index is 836. The lowest BCUT2D eigenvalue weighted by molar-refractivity contribution is -0.150. The molecular weight excluding hydrogens is 310 g/mol. The van der Waals surface area contributed by atoms with Crippen molar-refractivity contribution in [3.05, 3.63) is 47.2 Å². The maximum absolute atomic E-state index is 12.3. The second-order valence-electron chi connectivity index (χ2n) is 5.99. The minimum Gasteiger partial charge on any atom is -0.455 e. The Hall–Kier alpha value is -2.21. The van der Waals surface area contributed by atoms with Crippen molar-refractivity contribution in [2.24, 2.45) is 13.0 Å². The van der Waals surface area contributed by atoms with Gasteiger partial charge in [0.15, 0.2) is 6.10 Å². The van der Waals surface area contributed by atoms with Crippen molar-refractivity contribution in [2.75, 3.05) is 0 Å². The quantitative estimate of drug-likeness (QED) is 0.689. The molecule has 3 atom stereocenters.